The fourth-order valence-electron chi connectivity index (χ4n) is 3.79. The first kappa shape index (κ1) is 30.7. The number of alkyl halides is 3. The molecule has 0 aliphatic carbocycles. The summed E-state index contributed by atoms with van der Waals surface area (Å²) >= 11 is 5.93. The first-order valence-electron chi connectivity index (χ1n) is 12.1. The van der Waals surface area contributed by atoms with Crippen LogP contribution >= 0.6 is 11.6 Å². The van der Waals surface area contributed by atoms with E-state index >= 15 is 0 Å². The number of rotatable bonds is 9. The van der Waals surface area contributed by atoms with Crippen LogP contribution in [-0.2, 0) is 11.2 Å². The molecule has 12 heteroatoms. The maximum Gasteiger partial charge on any atom is 0.490 e. The topological polar surface area (TPSA) is 125 Å². The van der Waals surface area contributed by atoms with E-state index in [-0.39, 0.29) is 18.3 Å². The third-order valence-corrected chi connectivity index (χ3v) is 6.02. The molecule has 0 amide bonds. The van der Waals surface area contributed by atoms with Gasteiger partial charge in [-0.2, -0.15) is 13.2 Å². The zero-order valence-electron chi connectivity index (χ0n) is 21.0. The van der Waals surface area contributed by atoms with E-state index in [1.54, 1.807) is 36.4 Å². The zero-order chi connectivity index (χ0) is 29.3. The number of aliphatic hydroxyl groups is 1. The summed E-state index contributed by atoms with van der Waals surface area (Å²) in [4.78, 5) is 19.9. The first-order chi connectivity index (χ1) is 18.9. The van der Waals surface area contributed by atoms with Crippen LogP contribution in [-0.4, -0.2) is 65.3 Å². The van der Waals surface area contributed by atoms with Gasteiger partial charge in [0.1, 0.15) is 30.3 Å². The number of aryl methyl sites for hydroxylation is 1. The molecule has 8 nitrogen and oxygen atoms in total. The molecule has 40 heavy (non-hydrogen) atoms. The molecule has 0 fully saturated rings. The van der Waals surface area contributed by atoms with Crippen LogP contribution in [0, 0.1) is 0 Å². The second kappa shape index (κ2) is 14.0. The number of halogens is 4. The number of hydrogen-bond acceptors (Lipinski definition) is 6. The van der Waals surface area contributed by atoms with E-state index in [0.717, 1.165) is 35.3 Å². The molecule has 4 N–H and O–H groups in total. The summed E-state index contributed by atoms with van der Waals surface area (Å²) in [6.45, 7) is 1.21. The number of carbonyl (C=O) groups is 2. The normalized spacial score (nSPS) is 15.1. The molecular formula is C28H27ClF3NO7. The predicted molar refractivity (Wildman–Crippen MR) is 141 cm³/mol. The van der Waals surface area contributed by atoms with Gasteiger partial charge in [-0.05, 0) is 72.0 Å². The number of benzene rings is 3. The fourth-order valence-corrected chi connectivity index (χ4v) is 3.97. The van der Waals surface area contributed by atoms with Crippen LogP contribution in [0.5, 0.6) is 11.5 Å². The molecule has 0 unspecified atom stereocenters. The number of aromatic carboxylic acids is 1. The Hall–Kier alpha value is -3.80. The summed E-state index contributed by atoms with van der Waals surface area (Å²) in [5.41, 5.74) is 3.42. The van der Waals surface area contributed by atoms with E-state index in [1.165, 1.54) is 0 Å². The molecule has 1 aliphatic rings. The second-order valence-corrected chi connectivity index (χ2v) is 9.30. The Morgan fingerprint density at radius 3 is 2.35 bits per heavy atom. The van der Waals surface area contributed by atoms with E-state index in [9.17, 15) is 23.1 Å². The maximum absolute atomic E-state index is 11.0. The molecule has 1 heterocycles. The highest BCUT2D eigenvalue weighted by Gasteiger charge is 2.38. The smallest absolute Gasteiger partial charge is 0.490 e. The van der Waals surface area contributed by atoms with Crippen LogP contribution in [0.1, 0.15) is 22.3 Å². The quantitative estimate of drug-likeness (QED) is 0.276. The van der Waals surface area contributed by atoms with Crippen molar-refractivity contribution in [3.8, 4) is 22.6 Å². The van der Waals surface area contributed by atoms with Crippen molar-refractivity contribution < 1.29 is 47.6 Å². The third-order valence-electron chi connectivity index (χ3n) is 5.79. The van der Waals surface area contributed by atoms with Crippen LogP contribution in [0.4, 0.5) is 13.2 Å². The highest BCUT2D eigenvalue weighted by molar-refractivity contribution is 6.30. The van der Waals surface area contributed by atoms with Gasteiger partial charge < -0.3 is 30.1 Å². The van der Waals surface area contributed by atoms with Gasteiger partial charge in [0.15, 0.2) is 0 Å². The molecule has 2 atom stereocenters. The average Bonchev–Trinajstić information content (AvgIpc) is 2.91. The lowest BCUT2D eigenvalue weighted by atomic mass is 9.96. The molecular weight excluding hydrogens is 555 g/mol. The van der Waals surface area contributed by atoms with Crippen molar-refractivity contribution in [3.05, 3.63) is 82.9 Å². The van der Waals surface area contributed by atoms with Gasteiger partial charge in [-0.15, -0.1) is 0 Å². The summed E-state index contributed by atoms with van der Waals surface area (Å²) < 4.78 is 43.4. The molecule has 1 aliphatic heterocycles. The lowest BCUT2D eigenvalue weighted by molar-refractivity contribution is -0.192. The van der Waals surface area contributed by atoms with Gasteiger partial charge in [0, 0.05) is 18.1 Å². The minimum atomic E-state index is -5.08. The fraction of sp³-hybridized carbons (Fsp3) is 0.286. The molecule has 3 aromatic rings. The zero-order valence-corrected chi connectivity index (χ0v) is 21.8. The largest absolute Gasteiger partial charge is 0.491 e. The molecule has 4 rings (SSSR count). The summed E-state index contributed by atoms with van der Waals surface area (Å²) in [6, 6.07) is 20.0. The Labute approximate surface area is 232 Å². The van der Waals surface area contributed by atoms with Crippen LogP contribution < -0.4 is 14.8 Å². The molecule has 0 radical (unpaired) electrons. The van der Waals surface area contributed by atoms with Gasteiger partial charge >= 0.3 is 18.1 Å². The predicted octanol–water partition coefficient (Wildman–Crippen LogP) is 5.06. The standard InChI is InChI=1S/C26H26ClNO5.C2HF3O2/c27-21-2-1-3-23(13-21)32-16-22(29)14-28-15-24-10-8-20-12-19(9-11-25(20)33-24)17-4-6-18(7-5-17)26(30)31;3-2(4,5)1(6)7/h1-7,9,11-13,22,24,28-29H,8,10,14-16H2,(H,30,31);(H,6,7)/t22-,24+;/m0./s1. The highest BCUT2D eigenvalue weighted by Crippen LogP contribution is 2.32. The highest BCUT2D eigenvalue weighted by atomic mass is 35.5. The molecule has 0 saturated carbocycles. The maximum atomic E-state index is 11.0. The molecule has 0 bridgehead atoms. The Kier molecular flexibility index (Phi) is 10.8. The minimum absolute atomic E-state index is 0.0271. The van der Waals surface area contributed by atoms with E-state index in [4.69, 9.17) is 36.1 Å². The van der Waals surface area contributed by atoms with Gasteiger partial charge in [0.2, 0.25) is 0 Å². The minimum Gasteiger partial charge on any atom is -0.491 e. The van der Waals surface area contributed by atoms with Gasteiger partial charge in [-0.25, -0.2) is 9.59 Å². The molecule has 3 aromatic carbocycles. The van der Waals surface area contributed by atoms with Gasteiger partial charge in [-0.3, -0.25) is 0 Å². The van der Waals surface area contributed by atoms with Crippen molar-refractivity contribution in [2.24, 2.45) is 0 Å². The SMILES string of the molecule is O=C(O)C(F)(F)F.O=C(O)c1ccc(-c2ccc3c(c2)CC[C@H](CNC[C@H](O)COc2cccc(Cl)c2)O3)cc1. The van der Waals surface area contributed by atoms with Crippen molar-refractivity contribution in [1.82, 2.24) is 5.32 Å². The van der Waals surface area contributed by atoms with Crippen LogP contribution in [0.2, 0.25) is 5.02 Å². The number of hydrogen-bond donors (Lipinski definition) is 4. The Morgan fingerprint density at radius 2 is 1.73 bits per heavy atom. The van der Waals surface area contributed by atoms with E-state index in [2.05, 4.69) is 11.4 Å². The van der Waals surface area contributed by atoms with Gasteiger partial charge in [0.25, 0.3) is 0 Å². The number of fused-ring (bicyclic) bond motifs is 1. The Bertz CT molecular complexity index is 1300. The molecule has 214 valence electrons. The first-order valence-corrected chi connectivity index (χ1v) is 12.5. The van der Waals surface area contributed by atoms with Crippen molar-refractivity contribution in [1.29, 1.82) is 0 Å². The van der Waals surface area contributed by atoms with Crippen molar-refractivity contribution >= 4 is 23.5 Å². The number of ether oxygens (including phenoxy) is 2. The summed E-state index contributed by atoms with van der Waals surface area (Å²) in [7, 11) is 0. The number of nitrogens with one attached hydrogen (secondary N) is 1. The van der Waals surface area contributed by atoms with E-state index < -0.39 is 24.2 Å². The molecule has 0 aromatic heterocycles. The third kappa shape index (κ3) is 9.44. The summed E-state index contributed by atoms with van der Waals surface area (Å²) in [6.07, 6.45) is -3.94. The average molecular weight is 582 g/mol. The summed E-state index contributed by atoms with van der Waals surface area (Å²) in [5, 5.41) is 30.2. The van der Waals surface area contributed by atoms with Crippen LogP contribution in [0.3, 0.4) is 0 Å². The lowest BCUT2D eigenvalue weighted by Crippen LogP contribution is -2.39. The van der Waals surface area contributed by atoms with Crippen molar-refractivity contribution in [3.63, 3.8) is 0 Å². The van der Waals surface area contributed by atoms with Gasteiger partial charge in [0.05, 0.1) is 5.56 Å². The monoisotopic (exact) mass is 581 g/mol. The Morgan fingerprint density at radius 1 is 1.05 bits per heavy atom. The number of aliphatic hydroxyl groups excluding tert-OH is 1. The molecule has 0 saturated heterocycles. The van der Waals surface area contributed by atoms with Crippen molar-refractivity contribution in [2.45, 2.75) is 31.2 Å². The number of aliphatic carboxylic acids is 1. The van der Waals surface area contributed by atoms with E-state index in [1.807, 2.05) is 24.3 Å². The second-order valence-electron chi connectivity index (χ2n) is 8.87. The van der Waals surface area contributed by atoms with Crippen molar-refractivity contribution in [2.75, 3.05) is 19.7 Å². The molecule has 0 spiro atoms. The Balaban J connectivity index is 0.000000559. The lowest BCUT2D eigenvalue weighted by Gasteiger charge is -2.27. The van der Waals surface area contributed by atoms with Crippen LogP contribution in [0.15, 0.2) is 66.7 Å². The number of carboxylic acid groups (broad SMARTS) is 2. The summed E-state index contributed by atoms with van der Waals surface area (Å²) in [5.74, 6) is -2.19. The van der Waals surface area contributed by atoms with Gasteiger partial charge in [-0.1, -0.05) is 35.9 Å². The van der Waals surface area contributed by atoms with E-state index in [0.29, 0.717) is 23.9 Å². The number of carboxylic acids is 2. The van der Waals surface area contributed by atoms with Crippen LogP contribution in [0.25, 0.3) is 11.1 Å².